The highest BCUT2D eigenvalue weighted by Gasteiger charge is 2.36. The largest absolute Gasteiger partial charge is 0.476 e. The number of anilines is 1. The van der Waals surface area contributed by atoms with Crippen molar-refractivity contribution < 1.29 is 29.0 Å². The first-order valence-corrected chi connectivity index (χ1v) is 13.4. The van der Waals surface area contributed by atoms with E-state index in [1.807, 2.05) is 32.9 Å². The standard InChI is InChI=1S/C29H31ClN4O6/c1-29(2,3)40-28(38)32-10-8-22-17(15-32)12-21(13-18(22)16-39-4)33-11-9-23-24(27(36)37)31-34(25(23)26(33)35)20-7-5-6-19(30)14-20/h5-7,12-14H,8-11,15-16H2,1-4H3,(H,36,37). The van der Waals surface area contributed by atoms with Gasteiger partial charge in [-0.2, -0.15) is 5.10 Å². The lowest BCUT2D eigenvalue weighted by Crippen LogP contribution is -2.41. The number of amides is 2. The zero-order valence-corrected chi connectivity index (χ0v) is 23.6. The number of carboxylic acids is 1. The third kappa shape index (κ3) is 5.29. The van der Waals surface area contributed by atoms with Crippen molar-refractivity contribution in [3.63, 3.8) is 0 Å². The van der Waals surface area contributed by atoms with E-state index in [-0.39, 0.29) is 29.9 Å². The molecule has 0 spiro atoms. The molecule has 210 valence electrons. The molecule has 0 fully saturated rings. The first-order valence-electron chi connectivity index (χ1n) is 13.0. The molecular formula is C29H31ClN4O6. The molecule has 0 saturated carbocycles. The fourth-order valence-corrected chi connectivity index (χ4v) is 5.45. The Morgan fingerprint density at radius 2 is 1.82 bits per heavy atom. The molecule has 11 heteroatoms. The SMILES string of the molecule is COCc1cc(N2CCc3c(C(=O)O)nn(-c4cccc(Cl)c4)c3C2=O)cc2c1CCN(C(=O)OC(C)(C)C)C2. The highest BCUT2D eigenvalue weighted by atomic mass is 35.5. The van der Waals surface area contributed by atoms with E-state index in [1.165, 1.54) is 4.68 Å². The van der Waals surface area contributed by atoms with E-state index >= 15 is 0 Å². The van der Waals surface area contributed by atoms with Crippen LogP contribution in [0.1, 0.15) is 64.0 Å². The molecule has 2 aliphatic rings. The number of carbonyl (C=O) groups excluding carboxylic acids is 2. The topological polar surface area (TPSA) is 114 Å². The van der Waals surface area contributed by atoms with Crippen LogP contribution < -0.4 is 4.90 Å². The van der Waals surface area contributed by atoms with Crippen LogP contribution in [0, 0.1) is 0 Å². The van der Waals surface area contributed by atoms with Crippen molar-refractivity contribution in [1.82, 2.24) is 14.7 Å². The molecule has 0 radical (unpaired) electrons. The zero-order valence-electron chi connectivity index (χ0n) is 22.9. The molecule has 0 bridgehead atoms. The summed E-state index contributed by atoms with van der Waals surface area (Å²) >= 11 is 6.19. The van der Waals surface area contributed by atoms with Gasteiger partial charge in [0.25, 0.3) is 5.91 Å². The number of aromatic carboxylic acids is 1. The number of hydrogen-bond acceptors (Lipinski definition) is 6. The number of fused-ring (bicyclic) bond motifs is 2. The predicted molar refractivity (Wildman–Crippen MR) is 148 cm³/mol. The van der Waals surface area contributed by atoms with E-state index in [2.05, 4.69) is 5.10 Å². The third-order valence-corrected chi connectivity index (χ3v) is 7.18. The summed E-state index contributed by atoms with van der Waals surface area (Å²) in [7, 11) is 1.62. The Hall–Kier alpha value is -3.89. The lowest BCUT2D eigenvalue weighted by molar-refractivity contribution is 0.0223. The summed E-state index contributed by atoms with van der Waals surface area (Å²) in [5.41, 5.74) is 3.88. The van der Waals surface area contributed by atoms with Crippen molar-refractivity contribution in [2.75, 3.05) is 25.1 Å². The van der Waals surface area contributed by atoms with Crippen molar-refractivity contribution in [2.45, 2.75) is 52.4 Å². The molecular weight excluding hydrogens is 536 g/mol. The van der Waals surface area contributed by atoms with Crippen LogP contribution in [0.2, 0.25) is 5.02 Å². The molecule has 1 aromatic heterocycles. The molecule has 1 N–H and O–H groups in total. The van der Waals surface area contributed by atoms with Gasteiger partial charge in [0.1, 0.15) is 11.3 Å². The summed E-state index contributed by atoms with van der Waals surface area (Å²) in [4.78, 5) is 42.1. The minimum absolute atomic E-state index is 0.151. The number of rotatable bonds is 5. The van der Waals surface area contributed by atoms with Crippen LogP contribution in [0.25, 0.3) is 5.69 Å². The molecule has 2 amide bonds. The molecule has 0 unspecified atom stereocenters. The Morgan fingerprint density at radius 1 is 1.07 bits per heavy atom. The van der Waals surface area contributed by atoms with Crippen molar-refractivity contribution in [1.29, 1.82) is 0 Å². The van der Waals surface area contributed by atoms with Crippen LogP contribution in [0.5, 0.6) is 0 Å². The summed E-state index contributed by atoms with van der Waals surface area (Å²) in [6.45, 7) is 6.97. The first-order chi connectivity index (χ1) is 19.0. The Kier molecular flexibility index (Phi) is 7.32. The van der Waals surface area contributed by atoms with Gasteiger partial charge in [0.2, 0.25) is 0 Å². The molecule has 2 aromatic carbocycles. The first kappa shape index (κ1) is 27.7. The molecule has 3 heterocycles. The summed E-state index contributed by atoms with van der Waals surface area (Å²) in [6, 6.07) is 10.6. The van der Waals surface area contributed by atoms with Gasteiger partial charge in [-0.15, -0.1) is 0 Å². The normalized spacial score (nSPS) is 15.1. The second-order valence-corrected chi connectivity index (χ2v) is 11.3. The lowest BCUT2D eigenvalue weighted by Gasteiger charge is -2.34. The quantitative estimate of drug-likeness (QED) is 0.469. The zero-order chi connectivity index (χ0) is 28.8. The van der Waals surface area contributed by atoms with Crippen LogP contribution in [0.15, 0.2) is 36.4 Å². The highest BCUT2D eigenvalue weighted by molar-refractivity contribution is 6.30. The molecule has 2 aliphatic heterocycles. The Bertz CT molecular complexity index is 1510. The minimum atomic E-state index is -1.20. The Balaban J connectivity index is 1.54. The summed E-state index contributed by atoms with van der Waals surface area (Å²) in [5.74, 6) is -1.57. The Morgan fingerprint density at radius 3 is 2.50 bits per heavy atom. The second-order valence-electron chi connectivity index (χ2n) is 10.9. The number of halogens is 1. The van der Waals surface area contributed by atoms with Gasteiger partial charge in [-0.05, 0) is 80.6 Å². The number of methoxy groups -OCH3 is 1. The van der Waals surface area contributed by atoms with Crippen LogP contribution in [0.3, 0.4) is 0 Å². The number of carbonyl (C=O) groups is 3. The summed E-state index contributed by atoms with van der Waals surface area (Å²) in [5, 5.41) is 14.5. The predicted octanol–water partition coefficient (Wildman–Crippen LogP) is 4.87. The molecule has 5 rings (SSSR count). The van der Waals surface area contributed by atoms with Crippen molar-refractivity contribution in [3.8, 4) is 5.69 Å². The van der Waals surface area contributed by atoms with E-state index in [0.29, 0.717) is 54.5 Å². The van der Waals surface area contributed by atoms with Gasteiger partial charge < -0.3 is 24.4 Å². The molecule has 0 saturated heterocycles. The molecule has 3 aromatic rings. The molecule has 10 nitrogen and oxygen atoms in total. The fraction of sp³-hybridized carbons (Fsp3) is 0.379. The summed E-state index contributed by atoms with van der Waals surface area (Å²) in [6.07, 6.45) is 0.557. The van der Waals surface area contributed by atoms with E-state index in [0.717, 1.165) is 16.7 Å². The van der Waals surface area contributed by atoms with E-state index in [4.69, 9.17) is 21.1 Å². The van der Waals surface area contributed by atoms with Gasteiger partial charge >= 0.3 is 12.1 Å². The van der Waals surface area contributed by atoms with Gasteiger partial charge in [0.05, 0.1) is 12.3 Å². The van der Waals surface area contributed by atoms with Crippen molar-refractivity contribution in [3.05, 3.63) is 75.1 Å². The number of benzene rings is 2. The van der Waals surface area contributed by atoms with Gasteiger partial charge in [-0.3, -0.25) is 4.79 Å². The van der Waals surface area contributed by atoms with Crippen LogP contribution >= 0.6 is 11.6 Å². The van der Waals surface area contributed by atoms with Crippen molar-refractivity contribution >= 4 is 35.3 Å². The van der Waals surface area contributed by atoms with Gasteiger partial charge in [-0.1, -0.05) is 17.7 Å². The van der Waals surface area contributed by atoms with Crippen molar-refractivity contribution in [2.24, 2.45) is 0 Å². The van der Waals surface area contributed by atoms with Gasteiger partial charge in [-0.25, -0.2) is 14.3 Å². The Labute approximate surface area is 237 Å². The fourth-order valence-electron chi connectivity index (χ4n) is 5.27. The maximum absolute atomic E-state index is 14.0. The molecule has 0 atom stereocenters. The van der Waals surface area contributed by atoms with Crippen LogP contribution in [-0.4, -0.2) is 63.6 Å². The second kappa shape index (κ2) is 10.6. The van der Waals surface area contributed by atoms with Crippen LogP contribution in [-0.2, 0) is 35.5 Å². The molecule has 40 heavy (non-hydrogen) atoms. The maximum atomic E-state index is 14.0. The number of carboxylic acid groups (broad SMARTS) is 1. The number of hydrogen-bond donors (Lipinski definition) is 1. The minimum Gasteiger partial charge on any atom is -0.476 e. The number of ether oxygens (including phenoxy) is 2. The van der Waals surface area contributed by atoms with E-state index < -0.39 is 11.6 Å². The van der Waals surface area contributed by atoms with Crippen LogP contribution in [0.4, 0.5) is 10.5 Å². The number of nitrogens with zero attached hydrogens (tertiary/aromatic N) is 4. The summed E-state index contributed by atoms with van der Waals surface area (Å²) < 4.78 is 12.4. The van der Waals surface area contributed by atoms with E-state index in [1.54, 1.807) is 41.2 Å². The van der Waals surface area contributed by atoms with E-state index in [9.17, 15) is 19.5 Å². The average molecular weight is 567 g/mol. The highest BCUT2D eigenvalue weighted by Crippen LogP contribution is 2.34. The lowest BCUT2D eigenvalue weighted by atomic mass is 9.93. The van der Waals surface area contributed by atoms with Gasteiger partial charge in [0, 0.05) is 43.0 Å². The third-order valence-electron chi connectivity index (χ3n) is 6.95. The monoisotopic (exact) mass is 566 g/mol. The average Bonchev–Trinajstić information content (AvgIpc) is 3.29. The van der Waals surface area contributed by atoms with Gasteiger partial charge in [0.15, 0.2) is 5.69 Å². The smallest absolute Gasteiger partial charge is 0.410 e. The maximum Gasteiger partial charge on any atom is 0.410 e. The molecule has 0 aliphatic carbocycles. The number of aromatic nitrogens is 2.